The number of fused-ring (bicyclic) bond motifs is 2. The normalized spacial score (nSPS) is 35.4. The van der Waals surface area contributed by atoms with Gasteiger partial charge in [0.2, 0.25) is 6.04 Å². The fourth-order valence-electron chi connectivity index (χ4n) is 3.15. The van der Waals surface area contributed by atoms with Crippen molar-refractivity contribution in [1.29, 1.82) is 0 Å². The van der Waals surface area contributed by atoms with Gasteiger partial charge in [0.05, 0.1) is 18.8 Å². The summed E-state index contributed by atoms with van der Waals surface area (Å²) >= 11 is 0. The van der Waals surface area contributed by atoms with Crippen molar-refractivity contribution in [2.75, 3.05) is 7.11 Å². The summed E-state index contributed by atoms with van der Waals surface area (Å²) in [7, 11) is 1.51. The van der Waals surface area contributed by atoms with Crippen LogP contribution in [0.15, 0.2) is 30.3 Å². The van der Waals surface area contributed by atoms with E-state index in [4.69, 9.17) is 14.2 Å². The fourth-order valence-corrected chi connectivity index (χ4v) is 3.15. The molecule has 0 spiro atoms. The van der Waals surface area contributed by atoms with Crippen LogP contribution in [0.3, 0.4) is 0 Å². The number of nitro groups is 1. The molecule has 20 heavy (non-hydrogen) atoms. The van der Waals surface area contributed by atoms with Crippen molar-refractivity contribution in [2.24, 2.45) is 5.92 Å². The van der Waals surface area contributed by atoms with Crippen LogP contribution < -0.4 is 0 Å². The maximum Gasteiger partial charge on any atom is 0.226 e. The number of methoxy groups -OCH3 is 1. The molecule has 1 aromatic rings. The zero-order valence-corrected chi connectivity index (χ0v) is 11.2. The van der Waals surface area contributed by atoms with Crippen molar-refractivity contribution in [2.45, 2.75) is 37.6 Å². The highest BCUT2D eigenvalue weighted by Crippen LogP contribution is 2.44. The van der Waals surface area contributed by atoms with E-state index in [-0.39, 0.29) is 23.0 Å². The second kappa shape index (κ2) is 5.47. The minimum atomic E-state index is -0.639. The molecule has 108 valence electrons. The van der Waals surface area contributed by atoms with Crippen LogP contribution in [0.5, 0.6) is 0 Å². The number of rotatable bonds is 5. The summed E-state index contributed by atoms with van der Waals surface area (Å²) in [6.45, 7) is 0.433. The highest BCUT2D eigenvalue weighted by Gasteiger charge is 2.61. The molecule has 0 radical (unpaired) electrons. The number of ether oxygens (including phenoxy) is 3. The smallest absolute Gasteiger partial charge is 0.226 e. The Morgan fingerprint density at radius 1 is 1.40 bits per heavy atom. The molecule has 6 heteroatoms. The fraction of sp³-hybridized carbons (Fsp3) is 0.571. The van der Waals surface area contributed by atoms with Gasteiger partial charge in [0.1, 0.15) is 5.92 Å². The van der Waals surface area contributed by atoms with Gasteiger partial charge in [0, 0.05) is 18.5 Å². The molecule has 0 aromatic heterocycles. The van der Waals surface area contributed by atoms with Crippen LogP contribution in [-0.4, -0.2) is 36.6 Å². The lowest BCUT2D eigenvalue weighted by Crippen LogP contribution is -2.39. The van der Waals surface area contributed by atoms with Crippen LogP contribution >= 0.6 is 0 Å². The molecule has 3 rings (SSSR count). The lowest BCUT2D eigenvalue weighted by atomic mass is 10.0. The van der Waals surface area contributed by atoms with Crippen molar-refractivity contribution in [1.82, 2.24) is 0 Å². The molecule has 1 aliphatic heterocycles. The van der Waals surface area contributed by atoms with Crippen LogP contribution in [0.25, 0.3) is 0 Å². The summed E-state index contributed by atoms with van der Waals surface area (Å²) in [6, 6.07) is 9.12. The molecule has 1 saturated carbocycles. The minimum Gasteiger partial charge on any atom is -0.370 e. The third-order valence-corrected chi connectivity index (χ3v) is 4.08. The molecule has 2 bridgehead atoms. The molecule has 0 amide bonds. The molecule has 0 unspecified atom stereocenters. The van der Waals surface area contributed by atoms with Gasteiger partial charge < -0.3 is 14.2 Å². The van der Waals surface area contributed by atoms with Gasteiger partial charge >= 0.3 is 0 Å². The topological polar surface area (TPSA) is 70.8 Å². The van der Waals surface area contributed by atoms with Crippen LogP contribution in [0.4, 0.5) is 0 Å². The number of hydrogen-bond donors (Lipinski definition) is 0. The molecule has 1 saturated heterocycles. The molecule has 5 atom stereocenters. The first kappa shape index (κ1) is 13.5. The number of nitrogens with zero attached hydrogens (tertiary/aromatic N) is 1. The van der Waals surface area contributed by atoms with E-state index in [2.05, 4.69) is 0 Å². The quantitative estimate of drug-likeness (QED) is 0.605. The largest absolute Gasteiger partial charge is 0.370 e. The summed E-state index contributed by atoms with van der Waals surface area (Å²) in [5, 5.41) is 11.1. The highest BCUT2D eigenvalue weighted by molar-refractivity contribution is 5.13. The summed E-state index contributed by atoms with van der Waals surface area (Å²) in [6.07, 6.45) is -0.652. The van der Waals surface area contributed by atoms with Crippen molar-refractivity contribution >= 4 is 0 Å². The average molecular weight is 279 g/mol. The Morgan fingerprint density at radius 2 is 2.15 bits per heavy atom. The summed E-state index contributed by atoms with van der Waals surface area (Å²) in [4.78, 5) is 10.9. The Bertz CT molecular complexity index is 480. The molecule has 1 aliphatic carbocycles. The Balaban J connectivity index is 1.69. The molecular weight excluding hydrogens is 262 g/mol. The van der Waals surface area contributed by atoms with E-state index in [0.29, 0.717) is 13.0 Å². The SMILES string of the molecule is CO[C@@H]1O[C@@H]2C[C@@H]([N+](=O)[O-])[C@H]1[C@H]2OCc1ccccc1. The van der Waals surface area contributed by atoms with E-state index in [1.807, 2.05) is 30.3 Å². The monoisotopic (exact) mass is 279 g/mol. The van der Waals surface area contributed by atoms with Crippen molar-refractivity contribution in [3.63, 3.8) is 0 Å². The molecule has 0 N–H and O–H groups in total. The van der Waals surface area contributed by atoms with Crippen LogP contribution in [0.2, 0.25) is 0 Å². The summed E-state index contributed by atoms with van der Waals surface area (Å²) in [5.74, 6) is -0.330. The number of benzene rings is 1. The zero-order chi connectivity index (χ0) is 14.1. The van der Waals surface area contributed by atoms with Crippen LogP contribution in [-0.2, 0) is 20.8 Å². The Kier molecular flexibility index (Phi) is 3.69. The highest BCUT2D eigenvalue weighted by atomic mass is 16.7. The van der Waals surface area contributed by atoms with Gasteiger partial charge in [0.15, 0.2) is 6.29 Å². The molecule has 1 aromatic carbocycles. The Morgan fingerprint density at radius 3 is 2.80 bits per heavy atom. The van der Waals surface area contributed by atoms with E-state index in [1.165, 1.54) is 7.11 Å². The van der Waals surface area contributed by atoms with Crippen LogP contribution in [0, 0.1) is 16.0 Å². The van der Waals surface area contributed by atoms with Gasteiger partial charge in [-0.2, -0.15) is 0 Å². The zero-order valence-electron chi connectivity index (χ0n) is 11.2. The lowest BCUT2D eigenvalue weighted by Gasteiger charge is -2.22. The van der Waals surface area contributed by atoms with E-state index in [9.17, 15) is 10.1 Å². The average Bonchev–Trinajstić information content (AvgIpc) is 3.00. The predicted molar refractivity (Wildman–Crippen MR) is 69.6 cm³/mol. The predicted octanol–water partition coefficient (Wildman–Crippen LogP) is 1.61. The molecule has 2 aliphatic rings. The Hall–Kier alpha value is -1.50. The second-order valence-electron chi connectivity index (χ2n) is 5.21. The van der Waals surface area contributed by atoms with Gasteiger partial charge in [-0.3, -0.25) is 10.1 Å². The minimum absolute atomic E-state index is 0.238. The van der Waals surface area contributed by atoms with Crippen molar-refractivity contribution in [3.05, 3.63) is 46.0 Å². The summed E-state index contributed by atoms with van der Waals surface area (Å²) < 4.78 is 16.7. The molecular formula is C14H17NO5. The molecule has 1 heterocycles. The lowest BCUT2D eigenvalue weighted by molar-refractivity contribution is -0.539. The summed E-state index contributed by atoms with van der Waals surface area (Å²) in [5.41, 5.74) is 1.05. The third kappa shape index (κ3) is 2.30. The first-order chi connectivity index (χ1) is 9.70. The first-order valence-electron chi connectivity index (χ1n) is 6.68. The van der Waals surface area contributed by atoms with Gasteiger partial charge in [-0.05, 0) is 5.56 Å². The van der Waals surface area contributed by atoms with Gasteiger partial charge in [-0.1, -0.05) is 30.3 Å². The second-order valence-corrected chi connectivity index (χ2v) is 5.21. The standard InChI is InChI=1S/C14H17NO5/c1-18-14-12-10(15(16)17)7-11(20-14)13(12)19-8-9-5-3-2-4-6-9/h2-6,10-14H,7-8H2,1H3/t10-,11-,12+,13+,14-/m1/s1. The maximum absolute atomic E-state index is 11.1. The van der Waals surface area contributed by atoms with E-state index in [0.717, 1.165) is 5.56 Å². The van der Waals surface area contributed by atoms with Gasteiger partial charge in [-0.15, -0.1) is 0 Å². The number of hydrogen-bond acceptors (Lipinski definition) is 5. The van der Waals surface area contributed by atoms with Gasteiger partial charge in [-0.25, -0.2) is 0 Å². The molecule has 2 fully saturated rings. The van der Waals surface area contributed by atoms with Gasteiger partial charge in [0.25, 0.3) is 0 Å². The van der Waals surface area contributed by atoms with E-state index >= 15 is 0 Å². The van der Waals surface area contributed by atoms with Crippen molar-refractivity contribution < 1.29 is 19.1 Å². The first-order valence-corrected chi connectivity index (χ1v) is 6.68. The van der Waals surface area contributed by atoms with E-state index in [1.54, 1.807) is 0 Å². The van der Waals surface area contributed by atoms with Crippen molar-refractivity contribution in [3.8, 4) is 0 Å². The van der Waals surface area contributed by atoms with E-state index < -0.39 is 12.3 Å². The Labute approximate surface area is 116 Å². The third-order valence-electron chi connectivity index (χ3n) is 4.08. The van der Waals surface area contributed by atoms with Crippen LogP contribution in [0.1, 0.15) is 12.0 Å². The molecule has 6 nitrogen and oxygen atoms in total. The maximum atomic E-state index is 11.1.